The van der Waals surface area contributed by atoms with Gasteiger partial charge in [0.05, 0.1) is 18.9 Å². The predicted octanol–water partition coefficient (Wildman–Crippen LogP) is 2.82. The van der Waals surface area contributed by atoms with E-state index in [9.17, 15) is 0 Å². The van der Waals surface area contributed by atoms with E-state index in [2.05, 4.69) is 37.1 Å². The molecule has 2 heterocycles. The molecule has 0 bridgehead atoms. The first kappa shape index (κ1) is 12.2. The Labute approximate surface area is 113 Å². The monoisotopic (exact) mass is 257 g/mol. The maximum absolute atomic E-state index is 6.13. The summed E-state index contributed by atoms with van der Waals surface area (Å²) in [4.78, 5) is 0. The number of benzene rings is 1. The van der Waals surface area contributed by atoms with E-state index in [-0.39, 0.29) is 0 Å². The number of nitrogens with two attached hydrogens (primary N) is 1. The largest absolute Gasteiger partial charge is 0.384 e. The zero-order chi connectivity index (χ0) is 13.6. The lowest BCUT2D eigenvalue weighted by Gasteiger charge is -2.08. The smallest absolute Gasteiger partial charge is 0.125 e. The summed E-state index contributed by atoms with van der Waals surface area (Å²) >= 11 is 0. The maximum Gasteiger partial charge on any atom is 0.125 e. The van der Waals surface area contributed by atoms with Crippen molar-refractivity contribution < 1.29 is 4.74 Å². The van der Waals surface area contributed by atoms with Gasteiger partial charge in [0.15, 0.2) is 0 Å². The van der Waals surface area contributed by atoms with Gasteiger partial charge >= 0.3 is 0 Å². The highest BCUT2D eigenvalue weighted by Crippen LogP contribution is 2.34. The second-order valence-electron chi connectivity index (χ2n) is 5.40. The summed E-state index contributed by atoms with van der Waals surface area (Å²) in [5, 5.41) is 4.58. The molecule has 1 aliphatic heterocycles. The number of aryl methyl sites for hydroxylation is 1. The van der Waals surface area contributed by atoms with Crippen LogP contribution in [0.4, 0.5) is 5.82 Å². The number of hydrogen-bond donors (Lipinski definition) is 1. The van der Waals surface area contributed by atoms with E-state index in [4.69, 9.17) is 10.5 Å². The Bertz CT molecular complexity index is 629. The molecule has 0 unspecified atom stereocenters. The molecule has 100 valence electrons. The van der Waals surface area contributed by atoms with Crippen molar-refractivity contribution in [2.75, 3.05) is 5.73 Å². The Morgan fingerprint density at radius 2 is 2.00 bits per heavy atom. The molecule has 1 aliphatic rings. The molecule has 2 aromatic rings. The average Bonchev–Trinajstić information content (AvgIpc) is 2.94. The molecule has 0 fully saturated rings. The molecule has 1 aromatic carbocycles. The highest BCUT2D eigenvalue weighted by molar-refractivity contribution is 5.70. The Balaban J connectivity index is 2.14. The van der Waals surface area contributed by atoms with Crippen LogP contribution >= 0.6 is 0 Å². The maximum atomic E-state index is 6.13. The summed E-state index contributed by atoms with van der Waals surface area (Å²) in [7, 11) is 1.89. The molecule has 2 N–H and O–H groups in total. The van der Waals surface area contributed by atoms with Crippen LogP contribution in [0.15, 0.2) is 18.2 Å². The van der Waals surface area contributed by atoms with E-state index in [1.54, 1.807) is 4.68 Å². The molecule has 0 saturated carbocycles. The average molecular weight is 257 g/mol. The Morgan fingerprint density at radius 3 is 2.74 bits per heavy atom. The molecule has 4 heteroatoms. The van der Waals surface area contributed by atoms with Crippen LogP contribution in [0.1, 0.15) is 36.5 Å². The summed E-state index contributed by atoms with van der Waals surface area (Å²) in [6.45, 7) is 5.71. The number of anilines is 1. The van der Waals surface area contributed by atoms with E-state index in [0.717, 1.165) is 29.2 Å². The third-order valence-electron chi connectivity index (χ3n) is 3.70. The van der Waals surface area contributed by atoms with Crippen molar-refractivity contribution in [3.05, 3.63) is 34.9 Å². The first-order valence-electron chi connectivity index (χ1n) is 6.60. The molecule has 0 saturated heterocycles. The van der Waals surface area contributed by atoms with E-state index < -0.39 is 0 Å². The highest BCUT2D eigenvalue weighted by atomic mass is 16.5. The fraction of sp³-hybridized carbons (Fsp3) is 0.400. The quantitative estimate of drug-likeness (QED) is 0.900. The second kappa shape index (κ2) is 4.38. The van der Waals surface area contributed by atoms with Gasteiger partial charge in [0, 0.05) is 18.2 Å². The van der Waals surface area contributed by atoms with Gasteiger partial charge in [0.1, 0.15) is 5.82 Å². The van der Waals surface area contributed by atoms with Crippen molar-refractivity contribution in [1.82, 2.24) is 9.78 Å². The number of rotatable bonds is 2. The molecular weight excluding hydrogens is 238 g/mol. The number of fused-ring (bicyclic) bond motifs is 1. The minimum absolute atomic E-state index is 0.355. The number of hydrogen-bond acceptors (Lipinski definition) is 3. The van der Waals surface area contributed by atoms with E-state index in [0.29, 0.717) is 12.5 Å². The lowest BCUT2D eigenvalue weighted by molar-refractivity contribution is 0.134. The van der Waals surface area contributed by atoms with Gasteiger partial charge in [-0.15, -0.1) is 0 Å². The molecule has 0 atom stereocenters. The van der Waals surface area contributed by atoms with Crippen LogP contribution in [-0.4, -0.2) is 9.78 Å². The third kappa shape index (κ3) is 1.92. The van der Waals surface area contributed by atoms with Gasteiger partial charge in [-0.3, -0.25) is 4.68 Å². The molecule has 0 spiro atoms. The SMILES string of the molecule is CC(C)c1c(-c2ccc3c(c2)COC3)nn(C)c1N. The zero-order valence-corrected chi connectivity index (χ0v) is 11.6. The standard InChI is InChI=1S/C15H19N3O/c1-9(2)13-14(17-18(3)15(13)16)10-4-5-11-7-19-8-12(11)6-10/h4-6,9H,7-8,16H2,1-3H3. The van der Waals surface area contributed by atoms with Gasteiger partial charge in [0.2, 0.25) is 0 Å². The summed E-state index contributed by atoms with van der Waals surface area (Å²) in [6, 6.07) is 6.42. The molecule has 0 aliphatic carbocycles. The normalized spacial score (nSPS) is 14.1. The molecule has 0 amide bonds. The third-order valence-corrected chi connectivity index (χ3v) is 3.70. The lowest BCUT2D eigenvalue weighted by Crippen LogP contribution is -2.00. The summed E-state index contributed by atoms with van der Waals surface area (Å²) in [5.74, 6) is 1.11. The minimum Gasteiger partial charge on any atom is -0.384 e. The van der Waals surface area contributed by atoms with Crippen molar-refractivity contribution in [1.29, 1.82) is 0 Å². The number of ether oxygens (including phenoxy) is 1. The molecule has 1 aromatic heterocycles. The minimum atomic E-state index is 0.355. The number of aromatic nitrogens is 2. The Morgan fingerprint density at radius 1 is 1.26 bits per heavy atom. The molecule has 4 nitrogen and oxygen atoms in total. The summed E-state index contributed by atoms with van der Waals surface area (Å²) in [5.41, 5.74) is 11.9. The molecule has 3 rings (SSSR count). The zero-order valence-electron chi connectivity index (χ0n) is 11.6. The fourth-order valence-corrected chi connectivity index (χ4v) is 2.66. The second-order valence-corrected chi connectivity index (χ2v) is 5.40. The van der Waals surface area contributed by atoms with Gasteiger partial charge in [-0.25, -0.2) is 0 Å². The van der Waals surface area contributed by atoms with E-state index in [1.807, 2.05) is 7.05 Å². The van der Waals surface area contributed by atoms with Crippen molar-refractivity contribution in [2.24, 2.45) is 7.05 Å². The van der Waals surface area contributed by atoms with Gasteiger partial charge in [-0.05, 0) is 23.1 Å². The first-order chi connectivity index (χ1) is 9.08. The van der Waals surface area contributed by atoms with Gasteiger partial charge in [0.25, 0.3) is 0 Å². The van der Waals surface area contributed by atoms with E-state index >= 15 is 0 Å². The van der Waals surface area contributed by atoms with Crippen molar-refractivity contribution in [2.45, 2.75) is 33.0 Å². The molecule has 19 heavy (non-hydrogen) atoms. The van der Waals surface area contributed by atoms with E-state index in [1.165, 1.54) is 11.1 Å². The van der Waals surface area contributed by atoms with Crippen LogP contribution in [0.3, 0.4) is 0 Å². The van der Waals surface area contributed by atoms with Crippen LogP contribution < -0.4 is 5.73 Å². The van der Waals surface area contributed by atoms with Crippen LogP contribution in [0.2, 0.25) is 0 Å². The van der Waals surface area contributed by atoms with Crippen molar-refractivity contribution >= 4 is 5.82 Å². The fourth-order valence-electron chi connectivity index (χ4n) is 2.66. The van der Waals surface area contributed by atoms with Gasteiger partial charge in [-0.2, -0.15) is 5.10 Å². The van der Waals surface area contributed by atoms with Crippen molar-refractivity contribution in [3.63, 3.8) is 0 Å². The molecular formula is C15H19N3O. The number of nitrogen functional groups attached to an aromatic ring is 1. The first-order valence-corrected chi connectivity index (χ1v) is 6.60. The summed E-state index contributed by atoms with van der Waals surface area (Å²) < 4.78 is 7.22. The van der Waals surface area contributed by atoms with Crippen LogP contribution in [-0.2, 0) is 25.0 Å². The summed E-state index contributed by atoms with van der Waals surface area (Å²) in [6.07, 6.45) is 0. The Kier molecular flexibility index (Phi) is 2.82. The van der Waals surface area contributed by atoms with Gasteiger partial charge < -0.3 is 10.5 Å². The van der Waals surface area contributed by atoms with Gasteiger partial charge in [-0.1, -0.05) is 26.0 Å². The number of nitrogens with zero attached hydrogens (tertiary/aromatic N) is 2. The predicted molar refractivity (Wildman–Crippen MR) is 75.6 cm³/mol. The van der Waals surface area contributed by atoms with Crippen LogP contribution in [0, 0.1) is 0 Å². The topological polar surface area (TPSA) is 53.1 Å². The highest BCUT2D eigenvalue weighted by Gasteiger charge is 2.20. The molecule has 0 radical (unpaired) electrons. The Hall–Kier alpha value is -1.81. The van der Waals surface area contributed by atoms with Crippen molar-refractivity contribution in [3.8, 4) is 11.3 Å². The van der Waals surface area contributed by atoms with Crippen LogP contribution in [0.25, 0.3) is 11.3 Å². The lowest BCUT2D eigenvalue weighted by atomic mass is 9.96. The van der Waals surface area contributed by atoms with Crippen LogP contribution in [0.5, 0.6) is 0 Å².